The summed E-state index contributed by atoms with van der Waals surface area (Å²) in [6.07, 6.45) is 5.14. The maximum absolute atomic E-state index is 13.0. The summed E-state index contributed by atoms with van der Waals surface area (Å²) in [5, 5.41) is 25.5. The number of rotatable bonds is 6. The minimum absolute atomic E-state index is 0.0405. The summed E-state index contributed by atoms with van der Waals surface area (Å²) in [6, 6.07) is 3.61. The minimum Gasteiger partial charge on any atom is -0.506 e. The standard InChI is InChI=1S/C20H19N5O6/c1-24-8-12(5-23-24)14-3-2-11(4-21-14)7-25-15-10-31-9-13(15)18(28)17(20(25)30)19(29)22-6-16(26)27/h2-5,8,28H,6-7,9-10H2,1H3,(H,22,29)(H,26,27). The zero-order chi connectivity index (χ0) is 22.1. The van der Waals surface area contributed by atoms with Gasteiger partial charge in [0, 0.05) is 30.6 Å². The molecule has 0 atom stereocenters. The zero-order valence-electron chi connectivity index (χ0n) is 16.5. The van der Waals surface area contributed by atoms with E-state index < -0.39 is 35.3 Å². The Morgan fingerprint density at radius 3 is 2.71 bits per heavy atom. The number of carboxylic acids is 1. The topological polar surface area (TPSA) is 149 Å². The number of hydrogen-bond acceptors (Lipinski definition) is 7. The van der Waals surface area contributed by atoms with Crippen LogP contribution in [0.2, 0.25) is 0 Å². The van der Waals surface area contributed by atoms with Gasteiger partial charge in [-0.3, -0.25) is 24.0 Å². The lowest BCUT2D eigenvalue weighted by Gasteiger charge is -2.15. The third-order valence-corrected chi connectivity index (χ3v) is 4.93. The summed E-state index contributed by atoms with van der Waals surface area (Å²) in [7, 11) is 1.81. The molecule has 1 aliphatic rings. The lowest BCUT2D eigenvalue weighted by molar-refractivity contribution is -0.135. The average Bonchev–Trinajstić information content (AvgIpc) is 3.39. The maximum atomic E-state index is 13.0. The molecule has 3 aromatic heterocycles. The number of hydrogen-bond donors (Lipinski definition) is 3. The fourth-order valence-corrected chi connectivity index (χ4v) is 3.42. The van der Waals surface area contributed by atoms with Crippen LogP contribution in [0.15, 0.2) is 35.5 Å². The largest absolute Gasteiger partial charge is 0.506 e. The molecule has 0 fully saturated rings. The van der Waals surface area contributed by atoms with Crippen molar-refractivity contribution in [3.05, 3.63) is 63.5 Å². The second-order valence-corrected chi connectivity index (χ2v) is 7.06. The van der Waals surface area contributed by atoms with Crippen LogP contribution in [0.4, 0.5) is 0 Å². The number of carbonyl (C=O) groups excluding carboxylic acids is 1. The SMILES string of the molecule is Cn1cc(-c2ccc(Cn3c4c(c(O)c(C(=O)NCC(=O)O)c3=O)COC4)cn2)cn1. The highest BCUT2D eigenvalue weighted by Crippen LogP contribution is 2.30. The summed E-state index contributed by atoms with van der Waals surface area (Å²) in [5.41, 5.74) is 1.83. The van der Waals surface area contributed by atoms with Crippen LogP contribution in [0.25, 0.3) is 11.3 Å². The van der Waals surface area contributed by atoms with Crippen LogP contribution in [-0.2, 0) is 36.3 Å². The molecular formula is C20H19N5O6. The van der Waals surface area contributed by atoms with Crippen LogP contribution in [0.1, 0.15) is 27.2 Å². The molecule has 4 rings (SSSR count). The first-order chi connectivity index (χ1) is 14.8. The number of aliphatic carboxylic acids is 1. The Kier molecular flexibility index (Phi) is 5.26. The Hall–Kier alpha value is -3.99. The molecule has 0 aromatic carbocycles. The van der Waals surface area contributed by atoms with Gasteiger partial charge >= 0.3 is 5.97 Å². The molecule has 0 saturated carbocycles. The van der Waals surface area contributed by atoms with Crippen LogP contribution < -0.4 is 10.9 Å². The van der Waals surface area contributed by atoms with Crippen molar-refractivity contribution in [3.63, 3.8) is 0 Å². The summed E-state index contributed by atoms with van der Waals surface area (Å²) < 4.78 is 8.38. The highest BCUT2D eigenvalue weighted by molar-refractivity contribution is 5.98. The molecule has 0 spiro atoms. The van der Waals surface area contributed by atoms with Crippen LogP contribution in [-0.4, -0.2) is 48.0 Å². The lowest BCUT2D eigenvalue weighted by Crippen LogP contribution is -2.37. The number of aromatic hydroxyl groups is 1. The molecule has 0 bridgehead atoms. The Bertz CT molecular complexity index is 1230. The van der Waals surface area contributed by atoms with Gasteiger partial charge in [0.2, 0.25) is 0 Å². The minimum atomic E-state index is -1.27. The first kappa shape index (κ1) is 20.3. The molecule has 0 saturated heterocycles. The molecule has 31 heavy (non-hydrogen) atoms. The summed E-state index contributed by atoms with van der Waals surface area (Å²) >= 11 is 0. The number of ether oxygens (including phenoxy) is 1. The van der Waals surface area contributed by atoms with E-state index in [2.05, 4.69) is 15.4 Å². The Morgan fingerprint density at radius 1 is 1.26 bits per heavy atom. The van der Waals surface area contributed by atoms with Gasteiger partial charge in [-0.15, -0.1) is 0 Å². The summed E-state index contributed by atoms with van der Waals surface area (Å²) in [6.45, 7) is -0.426. The van der Waals surface area contributed by atoms with Gasteiger partial charge in [0.15, 0.2) is 0 Å². The number of pyridine rings is 2. The predicted octanol–water partition coefficient (Wildman–Crippen LogP) is 0.242. The molecule has 0 radical (unpaired) electrons. The monoisotopic (exact) mass is 425 g/mol. The van der Waals surface area contributed by atoms with Gasteiger partial charge in [-0.1, -0.05) is 6.07 Å². The molecule has 1 aliphatic heterocycles. The molecule has 11 nitrogen and oxygen atoms in total. The van der Waals surface area contributed by atoms with Crippen molar-refractivity contribution in [2.24, 2.45) is 7.05 Å². The Morgan fingerprint density at radius 2 is 2.06 bits per heavy atom. The predicted molar refractivity (Wildman–Crippen MR) is 106 cm³/mol. The number of nitrogens with zero attached hydrogens (tertiary/aromatic N) is 4. The van der Waals surface area contributed by atoms with Gasteiger partial charge in [0.05, 0.1) is 37.3 Å². The van der Waals surface area contributed by atoms with Crippen molar-refractivity contribution in [2.75, 3.05) is 6.54 Å². The molecule has 0 aliphatic carbocycles. The molecular weight excluding hydrogens is 406 g/mol. The van der Waals surface area contributed by atoms with E-state index in [1.54, 1.807) is 29.2 Å². The highest BCUT2D eigenvalue weighted by Gasteiger charge is 2.29. The van der Waals surface area contributed by atoms with Crippen LogP contribution in [0.5, 0.6) is 5.75 Å². The quantitative estimate of drug-likeness (QED) is 0.509. The third-order valence-electron chi connectivity index (χ3n) is 4.93. The van der Waals surface area contributed by atoms with Gasteiger partial charge in [-0.2, -0.15) is 5.10 Å². The molecule has 0 unspecified atom stereocenters. The van der Waals surface area contributed by atoms with E-state index in [1.165, 1.54) is 4.57 Å². The summed E-state index contributed by atoms with van der Waals surface area (Å²) in [4.78, 5) is 40.6. The number of carbonyl (C=O) groups is 2. The van der Waals surface area contributed by atoms with Crippen molar-refractivity contribution in [1.29, 1.82) is 0 Å². The van der Waals surface area contributed by atoms with Crippen molar-refractivity contribution >= 4 is 11.9 Å². The second kappa shape index (κ2) is 8.03. The Labute approximate surface area is 175 Å². The number of aryl methyl sites for hydroxylation is 1. The molecule has 3 N–H and O–H groups in total. The number of nitrogens with one attached hydrogen (secondary N) is 1. The van der Waals surface area contributed by atoms with Crippen molar-refractivity contribution in [3.8, 4) is 17.0 Å². The van der Waals surface area contributed by atoms with Crippen molar-refractivity contribution in [1.82, 2.24) is 24.6 Å². The average molecular weight is 425 g/mol. The molecule has 1 amide bonds. The highest BCUT2D eigenvalue weighted by atomic mass is 16.5. The van der Waals surface area contributed by atoms with Crippen LogP contribution in [0.3, 0.4) is 0 Å². The van der Waals surface area contributed by atoms with Gasteiger partial charge in [0.1, 0.15) is 17.9 Å². The second-order valence-electron chi connectivity index (χ2n) is 7.06. The van der Waals surface area contributed by atoms with Crippen LogP contribution >= 0.6 is 0 Å². The molecule has 3 aromatic rings. The van der Waals surface area contributed by atoms with E-state index in [-0.39, 0.29) is 19.8 Å². The van der Waals surface area contributed by atoms with Gasteiger partial charge in [0.25, 0.3) is 11.5 Å². The van der Waals surface area contributed by atoms with E-state index in [4.69, 9.17) is 9.84 Å². The molecule has 160 valence electrons. The van der Waals surface area contributed by atoms with E-state index in [1.807, 2.05) is 13.2 Å². The normalized spacial score (nSPS) is 12.5. The number of fused-ring (bicyclic) bond motifs is 1. The van der Waals surface area contributed by atoms with Crippen molar-refractivity contribution < 1.29 is 24.5 Å². The fraction of sp³-hybridized carbons (Fsp3) is 0.250. The first-order valence-electron chi connectivity index (χ1n) is 9.34. The zero-order valence-corrected chi connectivity index (χ0v) is 16.5. The summed E-state index contributed by atoms with van der Waals surface area (Å²) in [5.74, 6) is -2.71. The number of carboxylic acid groups (broad SMARTS) is 1. The van der Waals surface area contributed by atoms with Gasteiger partial charge < -0.3 is 24.8 Å². The van der Waals surface area contributed by atoms with Gasteiger partial charge in [-0.05, 0) is 11.6 Å². The number of aromatic nitrogens is 4. The lowest BCUT2D eigenvalue weighted by atomic mass is 10.1. The van der Waals surface area contributed by atoms with E-state index in [0.29, 0.717) is 16.8 Å². The smallest absolute Gasteiger partial charge is 0.322 e. The Balaban J connectivity index is 1.69. The fourth-order valence-electron chi connectivity index (χ4n) is 3.42. The van der Waals surface area contributed by atoms with E-state index in [0.717, 1.165) is 11.3 Å². The van der Waals surface area contributed by atoms with Crippen molar-refractivity contribution in [2.45, 2.75) is 19.8 Å². The van der Waals surface area contributed by atoms with E-state index >= 15 is 0 Å². The molecule has 4 heterocycles. The third kappa shape index (κ3) is 3.90. The number of amides is 1. The molecule has 11 heteroatoms. The maximum Gasteiger partial charge on any atom is 0.322 e. The van der Waals surface area contributed by atoms with Gasteiger partial charge in [-0.25, -0.2) is 0 Å². The van der Waals surface area contributed by atoms with E-state index in [9.17, 15) is 19.5 Å². The first-order valence-corrected chi connectivity index (χ1v) is 9.34. The van der Waals surface area contributed by atoms with Crippen LogP contribution in [0, 0.1) is 0 Å².